The molecule has 232 valence electrons. The van der Waals surface area contributed by atoms with Crippen LogP contribution in [0.15, 0.2) is 48.8 Å². The van der Waals surface area contributed by atoms with Crippen LogP contribution in [-0.2, 0) is 11.8 Å². The fourth-order valence-electron chi connectivity index (χ4n) is 4.89. The zero-order chi connectivity index (χ0) is 32.6. The average molecular weight is 632 g/mol. The van der Waals surface area contributed by atoms with E-state index in [4.69, 9.17) is 17.3 Å². The second-order valence-corrected chi connectivity index (χ2v) is 11.8. The van der Waals surface area contributed by atoms with Crippen molar-refractivity contribution in [3.8, 4) is 34.2 Å². The van der Waals surface area contributed by atoms with Crippen LogP contribution in [0.5, 0.6) is 0 Å². The van der Waals surface area contributed by atoms with Gasteiger partial charge in [0.1, 0.15) is 23.0 Å². The highest BCUT2D eigenvalue weighted by Gasteiger charge is 2.43. The Morgan fingerprint density at radius 2 is 1.96 bits per heavy atom. The molecule has 45 heavy (non-hydrogen) atoms. The van der Waals surface area contributed by atoms with E-state index in [9.17, 15) is 14.0 Å². The van der Waals surface area contributed by atoms with Crippen molar-refractivity contribution in [2.45, 2.75) is 25.4 Å². The van der Waals surface area contributed by atoms with Crippen molar-refractivity contribution in [2.75, 3.05) is 38.2 Å². The van der Waals surface area contributed by atoms with Crippen LogP contribution in [0.2, 0.25) is 5.02 Å². The molecule has 0 bridgehead atoms. The zero-order valence-electron chi connectivity index (χ0n) is 25.3. The SMILES string of the molecule is C=C(C)C(=O)Nc1ccc(-c2c(-c3cnc(C(=O)NCC4(F)CC4)c(Cl)c3)c3c(N)ncc(C#CCN(C)C)c3n2C)c(F)c1. The monoisotopic (exact) mass is 631 g/mol. The van der Waals surface area contributed by atoms with Gasteiger partial charge in [-0.05, 0) is 58.1 Å². The molecule has 4 N–H and O–H groups in total. The number of rotatable bonds is 8. The molecule has 4 aromatic rings. The number of nitrogens with one attached hydrogen (secondary N) is 2. The summed E-state index contributed by atoms with van der Waals surface area (Å²) in [4.78, 5) is 35.6. The van der Waals surface area contributed by atoms with Crippen molar-refractivity contribution >= 4 is 45.8 Å². The van der Waals surface area contributed by atoms with Crippen LogP contribution in [0, 0.1) is 17.7 Å². The summed E-state index contributed by atoms with van der Waals surface area (Å²) >= 11 is 6.57. The van der Waals surface area contributed by atoms with Gasteiger partial charge in [0.05, 0.1) is 40.3 Å². The van der Waals surface area contributed by atoms with Gasteiger partial charge < -0.3 is 20.9 Å². The lowest BCUT2D eigenvalue weighted by atomic mass is 9.98. The minimum absolute atomic E-state index is 0.0171. The summed E-state index contributed by atoms with van der Waals surface area (Å²) in [6.07, 6.45) is 3.79. The summed E-state index contributed by atoms with van der Waals surface area (Å²) < 4.78 is 31.8. The minimum atomic E-state index is -1.38. The summed E-state index contributed by atoms with van der Waals surface area (Å²) in [6, 6.07) is 5.88. The Kier molecular flexibility index (Phi) is 8.65. The number of halogens is 3. The molecule has 9 nitrogen and oxygen atoms in total. The van der Waals surface area contributed by atoms with Crippen molar-refractivity contribution in [3.63, 3.8) is 0 Å². The number of amides is 2. The number of carbonyl (C=O) groups is 2. The van der Waals surface area contributed by atoms with Gasteiger partial charge in [0.2, 0.25) is 0 Å². The summed E-state index contributed by atoms with van der Waals surface area (Å²) in [5, 5.41) is 5.68. The van der Waals surface area contributed by atoms with Crippen molar-refractivity contribution in [1.82, 2.24) is 24.8 Å². The molecule has 2 amide bonds. The molecule has 1 aliphatic rings. The quantitative estimate of drug-likeness (QED) is 0.179. The van der Waals surface area contributed by atoms with Crippen molar-refractivity contribution in [1.29, 1.82) is 0 Å². The first-order valence-corrected chi connectivity index (χ1v) is 14.5. The Bertz CT molecular complexity index is 1940. The molecule has 0 spiro atoms. The third-order valence-corrected chi connectivity index (χ3v) is 7.72. The summed E-state index contributed by atoms with van der Waals surface area (Å²) in [6.45, 7) is 5.54. The third kappa shape index (κ3) is 6.53. The van der Waals surface area contributed by atoms with E-state index in [1.807, 2.05) is 19.0 Å². The minimum Gasteiger partial charge on any atom is -0.383 e. The van der Waals surface area contributed by atoms with E-state index in [0.717, 1.165) is 0 Å². The third-order valence-electron chi connectivity index (χ3n) is 7.43. The Morgan fingerprint density at radius 1 is 1.22 bits per heavy atom. The molecule has 0 unspecified atom stereocenters. The molecule has 0 aliphatic heterocycles. The second kappa shape index (κ2) is 12.3. The molecule has 1 aromatic carbocycles. The maximum absolute atomic E-state index is 15.9. The van der Waals surface area contributed by atoms with Crippen LogP contribution in [0.3, 0.4) is 0 Å². The predicted molar refractivity (Wildman–Crippen MR) is 173 cm³/mol. The lowest BCUT2D eigenvalue weighted by Crippen LogP contribution is -2.31. The Balaban J connectivity index is 1.69. The van der Waals surface area contributed by atoms with Crippen molar-refractivity contribution in [2.24, 2.45) is 7.05 Å². The number of carbonyl (C=O) groups excluding carboxylic acids is 2. The lowest BCUT2D eigenvalue weighted by molar-refractivity contribution is -0.112. The molecule has 1 aliphatic carbocycles. The number of aromatic nitrogens is 3. The molecule has 12 heteroatoms. The lowest BCUT2D eigenvalue weighted by Gasteiger charge is -2.13. The highest BCUT2D eigenvalue weighted by atomic mass is 35.5. The van der Waals surface area contributed by atoms with Crippen LogP contribution in [0.4, 0.5) is 20.3 Å². The van der Waals surface area contributed by atoms with Crippen LogP contribution in [0.25, 0.3) is 33.3 Å². The average Bonchev–Trinajstić information content (AvgIpc) is 3.64. The zero-order valence-corrected chi connectivity index (χ0v) is 26.1. The number of nitrogens with two attached hydrogens (primary N) is 1. The van der Waals surface area contributed by atoms with E-state index >= 15 is 4.39 Å². The number of nitrogen functional groups attached to an aromatic ring is 1. The Hall–Kier alpha value is -4.79. The first-order valence-electron chi connectivity index (χ1n) is 14.1. The van der Waals surface area contributed by atoms with E-state index in [1.54, 1.807) is 36.9 Å². The number of hydrogen-bond donors (Lipinski definition) is 3. The van der Waals surface area contributed by atoms with Gasteiger partial charge in [-0.25, -0.2) is 18.7 Å². The van der Waals surface area contributed by atoms with E-state index in [0.29, 0.717) is 52.7 Å². The number of fused-ring (bicyclic) bond motifs is 1. The highest BCUT2D eigenvalue weighted by Crippen LogP contribution is 2.45. The van der Waals surface area contributed by atoms with Crippen molar-refractivity contribution in [3.05, 3.63) is 70.9 Å². The Labute approximate surface area is 264 Å². The van der Waals surface area contributed by atoms with E-state index < -0.39 is 23.3 Å². The number of hydrogen-bond acceptors (Lipinski definition) is 6. The van der Waals surface area contributed by atoms with E-state index in [2.05, 4.69) is 39.0 Å². The van der Waals surface area contributed by atoms with Gasteiger partial charge >= 0.3 is 0 Å². The second-order valence-electron chi connectivity index (χ2n) is 11.4. The van der Waals surface area contributed by atoms with Gasteiger partial charge in [0.15, 0.2) is 0 Å². The molecule has 0 saturated heterocycles. The standard InChI is InChI=1S/C33H32ClF2N7O2/c1-18(2)31(44)41-21-8-9-22(24(35)14-21)29-25(20-13-23(34)27(38-16-20)32(45)40-17-33(36)10-11-33)26-28(43(29)5)19(15-39-30(26)37)7-6-12-42(3)4/h8-9,13-16H,1,10-12,17H2,2-5H3,(H2,37,39)(H,40,45)(H,41,44). The summed E-state index contributed by atoms with van der Waals surface area (Å²) in [7, 11) is 5.56. The molecule has 3 heterocycles. The number of anilines is 2. The van der Waals surface area contributed by atoms with E-state index in [-0.39, 0.29) is 39.9 Å². The number of nitrogens with zero attached hydrogens (tertiary/aromatic N) is 4. The van der Waals surface area contributed by atoms with Gasteiger partial charge in [-0.15, -0.1) is 0 Å². The molecule has 5 rings (SSSR count). The largest absolute Gasteiger partial charge is 0.383 e. The smallest absolute Gasteiger partial charge is 0.271 e. The first-order chi connectivity index (χ1) is 21.3. The molecular weight excluding hydrogens is 600 g/mol. The maximum Gasteiger partial charge on any atom is 0.271 e. The molecule has 0 atom stereocenters. The van der Waals surface area contributed by atoms with E-state index in [1.165, 1.54) is 18.3 Å². The molecular formula is C33H32ClF2N7O2. The topological polar surface area (TPSA) is 118 Å². The van der Waals surface area contributed by atoms with Gasteiger partial charge in [0.25, 0.3) is 11.8 Å². The highest BCUT2D eigenvalue weighted by molar-refractivity contribution is 6.34. The van der Waals surface area contributed by atoms with Crippen LogP contribution >= 0.6 is 11.6 Å². The molecule has 3 aromatic heterocycles. The number of alkyl halides is 1. The van der Waals surface area contributed by atoms with Gasteiger partial charge in [-0.3, -0.25) is 14.5 Å². The maximum atomic E-state index is 15.9. The van der Waals surface area contributed by atoms with Crippen LogP contribution < -0.4 is 16.4 Å². The number of aryl methyl sites for hydroxylation is 1. The summed E-state index contributed by atoms with van der Waals surface area (Å²) in [5.74, 6) is 4.76. The molecule has 1 saturated carbocycles. The van der Waals surface area contributed by atoms with Crippen LogP contribution in [-0.4, -0.2) is 64.1 Å². The fraction of sp³-hybridized carbons (Fsp3) is 0.273. The van der Waals surface area contributed by atoms with Crippen molar-refractivity contribution < 1.29 is 18.4 Å². The first kappa shape index (κ1) is 31.6. The number of benzene rings is 1. The molecule has 0 radical (unpaired) electrons. The Morgan fingerprint density at radius 3 is 2.58 bits per heavy atom. The number of pyridine rings is 2. The normalized spacial score (nSPS) is 13.3. The van der Waals surface area contributed by atoms with Gasteiger partial charge in [-0.1, -0.05) is 30.0 Å². The van der Waals surface area contributed by atoms with Gasteiger partial charge in [0, 0.05) is 47.4 Å². The fourth-order valence-corrected chi connectivity index (χ4v) is 5.14. The summed E-state index contributed by atoms with van der Waals surface area (Å²) in [5.41, 5.74) is 8.22. The van der Waals surface area contributed by atoms with Crippen LogP contribution in [0.1, 0.15) is 35.8 Å². The predicted octanol–water partition coefficient (Wildman–Crippen LogP) is 5.34. The molecule has 1 fully saturated rings. The van der Waals surface area contributed by atoms with Gasteiger partial charge in [-0.2, -0.15) is 0 Å².